The highest BCUT2D eigenvalue weighted by molar-refractivity contribution is 5.90. The summed E-state index contributed by atoms with van der Waals surface area (Å²) in [6.07, 6.45) is 2.70. The maximum atomic E-state index is 11.3. The monoisotopic (exact) mass is 240 g/mol. The Bertz CT molecular complexity index is 412. The average molecular weight is 240 g/mol. The molecule has 0 unspecified atom stereocenters. The van der Waals surface area contributed by atoms with E-state index in [2.05, 4.69) is 5.32 Å². The Kier molecular flexibility index (Phi) is 4.56. The van der Waals surface area contributed by atoms with E-state index >= 15 is 0 Å². The van der Waals surface area contributed by atoms with E-state index in [1.807, 2.05) is 6.92 Å². The van der Waals surface area contributed by atoms with E-state index in [1.165, 1.54) is 16.8 Å². The number of hydrogen-bond donors (Lipinski definition) is 2. The van der Waals surface area contributed by atoms with Crippen LogP contribution < -0.4 is 5.32 Å². The van der Waals surface area contributed by atoms with Crippen LogP contribution in [-0.4, -0.2) is 28.3 Å². The van der Waals surface area contributed by atoms with Crippen molar-refractivity contribution < 1.29 is 19.4 Å². The Labute approximate surface area is 99.2 Å². The Morgan fingerprint density at radius 3 is 2.76 bits per heavy atom. The van der Waals surface area contributed by atoms with Gasteiger partial charge in [-0.2, -0.15) is 0 Å². The first-order valence-electron chi connectivity index (χ1n) is 5.38. The van der Waals surface area contributed by atoms with Crippen molar-refractivity contribution in [2.75, 3.05) is 11.9 Å². The van der Waals surface area contributed by atoms with Gasteiger partial charge in [0.05, 0.1) is 12.3 Å². The predicted octanol–water partition coefficient (Wildman–Crippen LogP) is 2.07. The lowest BCUT2D eigenvalue weighted by atomic mass is 10.4. The van der Waals surface area contributed by atoms with Crippen molar-refractivity contribution in [1.82, 2.24) is 4.57 Å². The van der Waals surface area contributed by atoms with Gasteiger partial charge in [0.1, 0.15) is 5.69 Å². The number of aromatic nitrogens is 1. The molecule has 1 amide bonds. The Balaban J connectivity index is 2.54. The van der Waals surface area contributed by atoms with E-state index in [4.69, 9.17) is 9.84 Å². The van der Waals surface area contributed by atoms with Crippen LogP contribution in [0.2, 0.25) is 0 Å². The molecule has 0 aromatic carbocycles. The van der Waals surface area contributed by atoms with Gasteiger partial charge in [0.15, 0.2) is 0 Å². The van der Waals surface area contributed by atoms with Gasteiger partial charge in [-0.1, -0.05) is 13.3 Å². The molecule has 6 heteroatoms. The molecule has 1 aromatic rings. The van der Waals surface area contributed by atoms with E-state index in [9.17, 15) is 9.59 Å². The van der Waals surface area contributed by atoms with Crippen LogP contribution >= 0.6 is 0 Å². The molecule has 2 N–H and O–H groups in total. The predicted molar refractivity (Wildman–Crippen MR) is 62.3 cm³/mol. The summed E-state index contributed by atoms with van der Waals surface area (Å²) in [5, 5.41) is 11.3. The topological polar surface area (TPSA) is 80.6 Å². The van der Waals surface area contributed by atoms with E-state index in [-0.39, 0.29) is 5.69 Å². The number of nitrogens with one attached hydrogen (secondary N) is 1. The van der Waals surface area contributed by atoms with Gasteiger partial charge in [0.2, 0.25) is 0 Å². The highest BCUT2D eigenvalue weighted by Crippen LogP contribution is 2.13. The zero-order chi connectivity index (χ0) is 12.8. The number of ether oxygens (including phenoxy) is 1. The summed E-state index contributed by atoms with van der Waals surface area (Å²) < 4.78 is 6.31. The molecule has 0 aliphatic carbocycles. The van der Waals surface area contributed by atoms with Gasteiger partial charge in [-0.15, -0.1) is 0 Å². The zero-order valence-corrected chi connectivity index (χ0v) is 9.90. The van der Waals surface area contributed by atoms with Gasteiger partial charge >= 0.3 is 12.1 Å². The SMILES string of the molecule is CCCCOC(=O)Nc1cc(C(=O)O)n(C)c1. The molecule has 0 saturated heterocycles. The van der Waals surface area contributed by atoms with Crippen LogP contribution in [0.25, 0.3) is 0 Å². The zero-order valence-electron chi connectivity index (χ0n) is 9.90. The van der Waals surface area contributed by atoms with E-state index in [0.29, 0.717) is 12.3 Å². The van der Waals surface area contributed by atoms with Gasteiger partial charge < -0.3 is 14.4 Å². The maximum Gasteiger partial charge on any atom is 0.411 e. The number of unbranched alkanes of at least 4 members (excludes halogenated alkanes) is 1. The van der Waals surface area contributed by atoms with Gasteiger partial charge in [-0.25, -0.2) is 9.59 Å². The van der Waals surface area contributed by atoms with Gasteiger partial charge in [0, 0.05) is 13.2 Å². The molecule has 0 aliphatic rings. The lowest BCUT2D eigenvalue weighted by Crippen LogP contribution is -2.13. The molecule has 0 aliphatic heterocycles. The highest BCUT2D eigenvalue weighted by Gasteiger charge is 2.11. The number of carbonyl (C=O) groups excluding carboxylic acids is 1. The summed E-state index contributed by atoms with van der Waals surface area (Å²) in [5.74, 6) is -1.04. The third-order valence-corrected chi connectivity index (χ3v) is 2.20. The second kappa shape index (κ2) is 5.93. The Morgan fingerprint density at radius 2 is 2.24 bits per heavy atom. The summed E-state index contributed by atoms with van der Waals surface area (Å²) in [5.41, 5.74) is 0.514. The normalized spacial score (nSPS) is 10.0. The van der Waals surface area contributed by atoms with Crippen molar-refractivity contribution >= 4 is 17.7 Å². The van der Waals surface area contributed by atoms with Crippen molar-refractivity contribution in [3.8, 4) is 0 Å². The van der Waals surface area contributed by atoms with Crippen LogP contribution in [0.3, 0.4) is 0 Å². The fraction of sp³-hybridized carbons (Fsp3) is 0.455. The van der Waals surface area contributed by atoms with Crippen molar-refractivity contribution in [2.45, 2.75) is 19.8 Å². The summed E-state index contributed by atoms with van der Waals surface area (Å²) in [6.45, 7) is 2.36. The molecule has 6 nitrogen and oxygen atoms in total. The molecule has 0 bridgehead atoms. The summed E-state index contributed by atoms with van der Waals surface area (Å²) in [7, 11) is 1.59. The maximum absolute atomic E-state index is 11.3. The van der Waals surface area contributed by atoms with Crippen LogP contribution in [0.15, 0.2) is 12.3 Å². The second-order valence-corrected chi connectivity index (χ2v) is 3.64. The second-order valence-electron chi connectivity index (χ2n) is 3.64. The molecule has 1 rings (SSSR count). The van der Waals surface area contributed by atoms with Crippen LogP contribution in [0.1, 0.15) is 30.3 Å². The minimum atomic E-state index is -1.04. The standard InChI is InChI=1S/C11H16N2O4/c1-3-4-5-17-11(16)12-8-6-9(10(14)15)13(2)7-8/h6-7H,3-5H2,1-2H3,(H,12,16)(H,14,15). The molecule has 94 valence electrons. The number of amides is 1. The number of hydrogen-bond acceptors (Lipinski definition) is 3. The first-order chi connectivity index (χ1) is 8.04. The number of nitrogens with zero attached hydrogens (tertiary/aromatic N) is 1. The van der Waals surface area contributed by atoms with Crippen molar-refractivity contribution in [2.24, 2.45) is 7.05 Å². The summed E-state index contributed by atoms with van der Waals surface area (Å²) in [6, 6.07) is 1.38. The third-order valence-electron chi connectivity index (χ3n) is 2.20. The molecule has 0 radical (unpaired) electrons. The number of aromatic carboxylic acids is 1. The van der Waals surface area contributed by atoms with Crippen molar-refractivity contribution in [3.63, 3.8) is 0 Å². The molecule has 0 spiro atoms. The minimum Gasteiger partial charge on any atom is -0.477 e. The number of carbonyl (C=O) groups is 2. The fourth-order valence-corrected chi connectivity index (χ4v) is 1.31. The van der Waals surface area contributed by atoms with Gasteiger partial charge in [-0.3, -0.25) is 5.32 Å². The molecule has 0 atom stereocenters. The molecule has 1 aromatic heterocycles. The number of rotatable bonds is 5. The highest BCUT2D eigenvalue weighted by atomic mass is 16.5. The van der Waals surface area contributed by atoms with E-state index < -0.39 is 12.1 Å². The van der Waals surface area contributed by atoms with Crippen molar-refractivity contribution in [3.05, 3.63) is 18.0 Å². The van der Waals surface area contributed by atoms with E-state index in [0.717, 1.165) is 12.8 Å². The average Bonchev–Trinajstić information content (AvgIpc) is 2.60. The molecular weight excluding hydrogens is 224 g/mol. The summed E-state index contributed by atoms with van der Waals surface area (Å²) >= 11 is 0. The van der Waals surface area contributed by atoms with Crippen LogP contribution in [0.5, 0.6) is 0 Å². The lowest BCUT2D eigenvalue weighted by molar-refractivity contribution is 0.0686. The van der Waals surface area contributed by atoms with Crippen LogP contribution in [0.4, 0.5) is 10.5 Å². The fourth-order valence-electron chi connectivity index (χ4n) is 1.31. The van der Waals surface area contributed by atoms with E-state index in [1.54, 1.807) is 7.05 Å². The molecule has 0 fully saturated rings. The molecular formula is C11H16N2O4. The lowest BCUT2D eigenvalue weighted by Gasteiger charge is -2.03. The van der Waals surface area contributed by atoms with Gasteiger partial charge in [-0.05, 0) is 12.5 Å². The Morgan fingerprint density at radius 1 is 1.53 bits per heavy atom. The number of carboxylic acid groups (broad SMARTS) is 1. The first-order valence-corrected chi connectivity index (χ1v) is 5.38. The largest absolute Gasteiger partial charge is 0.477 e. The Hall–Kier alpha value is -1.98. The van der Waals surface area contributed by atoms with Crippen molar-refractivity contribution in [1.29, 1.82) is 0 Å². The third kappa shape index (κ3) is 3.82. The first kappa shape index (κ1) is 13.1. The number of aryl methyl sites for hydroxylation is 1. The quantitative estimate of drug-likeness (QED) is 0.772. The molecule has 1 heterocycles. The molecule has 17 heavy (non-hydrogen) atoms. The number of carboxylic acids is 1. The molecule has 0 saturated carbocycles. The smallest absolute Gasteiger partial charge is 0.411 e. The van der Waals surface area contributed by atoms with Crippen LogP contribution in [-0.2, 0) is 11.8 Å². The van der Waals surface area contributed by atoms with Crippen LogP contribution in [0, 0.1) is 0 Å². The number of anilines is 1. The minimum absolute atomic E-state index is 0.105. The van der Waals surface area contributed by atoms with Gasteiger partial charge in [0.25, 0.3) is 0 Å². The summed E-state index contributed by atoms with van der Waals surface area (Å²) in [4.78, 5) is 22.1.